The second-order valence-corrected chi connectivity index (χ2v) is 6.27. The third-order valence-corrected chi connectivity index (χ3v) is 4.87. The summed E-state index contributed by atoms with van der Waals surface area (Å²) >= 11 is 1.70. The Bertz CT molecular complexity index is 445. The maximum absolute atomic E-state index is 12.3. The maximum Gasteiger partial charge on any atom is 0.241 e. The van der Waals surface area contributed by atoms with E-state index in [-0.39, 0.29) is 18.1 Å². The van der Waals surface area contributed by atoms with Crippen LogP contribution >= 0.6 is 11.3 Å². The second kappa shape index (κ2) is 6.22. The van der Waals surface area contributed by atoms with Gasteiger partial charge in [0.2, 0.25) is 5.91 Å². The summed E-state index contributed by atoms with van der Waals surface area (Å²) in [5.74, 6) is 0.205. The van der Waals surface area contributed by atoms with Crippen LogP contribution in [-0.4, -0.2) is 61.1 Å². The summed E-state index contributed by atoms with van der Waals surface area (Å²) < 4.78 is 5.36. The van der Waals surface area contributed by atoms with E-state index < -0.39 is 0 Å². The number of morpholine rings is 1. The van der Waals surface area contributed by atoms with Crippen LogP contribution in [0.3, 0.4) is 0 Å². The Morgan fingerprint density at radius 1 is 1.40 bits per heavy atom. The first-order valence-corrected chi connectivity index (χ1v) is 8.04. The van der Waals surface area contributed by atoms with E-state index in [1.165, 1.54) is 4.88 Å². The van der Waals surface area contributed by atoms with Crippen molar-refractivity contribution in [2.45, 2.75) is 19.1 Å². The molecule has 3 rings (SSSR count). The number of hydrogen-bond acceptors (Lipinski definition) is 5. The Balaban J connectivity index is 1.63. The number of ether oxygens (including phenoxy) is 1. The minimum Gasteiger partial charge on any atom is -0.379 e. The number of rotatable bonds is 4. The van der Waals surface area contributed by atoms with Gasteiger partial charge in [0.25, 0.3) is 0 Å². The number of carbonyl (C=O) groups is 1. The Kier molecular flexibility index (Phi) is 4.35. The predicted octanol–water partition coefficient (Wildman–Crippen LogP) is 0.899. The van der Waals surface area contributed by atoms with E-state index in [2.05, 4.69) is 21.7 Å². The van der Waals surface area contributed by atoms with Gasteiger partial charge in [-0.3, -0.25) is 15.0 Å². The zero-order chi connectivity index (χ0) is 13.9. The molecule has 1 amide bonds. The fourth-order valence-electron chi connectivity index (χ4n) is 2.77. The molecule has 2 atom stereocenters. The average Bonchev–Trinajstić information content (AvgIpc) is 3.08. The van der Waals surface area contributed by atoms with Gasteiger partial charge in [0.15, 0.2) is 0 Å². The molecule has 2 aliphatic rings. The molecule has 0 spiro atoms. The van der Waals surface area contributed by atoms with Gasteiger partial charge < -0.3 is 9.64 Å². The summed E-state index contributed by atoms with van der Waals surface area (Å²) in [5, 5.41) is 5.45. The zero-order valence-corrected chi connectivity index (χ0v) is 12.6. The molecule has 2 fully saturated rings. The SMILES string of the molecule is CC1NC(c2cccs2)N(CCN2CCOCC2)C1=O. The summed E-state index contributed by atoms with van der Waals surface area (Å²) in [6.07, 6.45) is 0.0403. The molecular weight excluding hydrogens is 274 g/mol. The second-order valence-electron chi connectivity index (χ2n) is 5.29. The van der Waals surface area contributed by atoms with Gasteiger partial charge in [0.05, 0.1) is 19.3 Å². The van der Waals surface area contributed by atoms with Crippen molar-refractivity contribution in [3.8, 4) is 0 Å². The third-order valence-electron chi connectivity index (χ3n) is 3.95. The summed E-state index contributed by atoms with van der Waals surface area (Å²) in [5.41, 5.74) is 0. The Morgan fingerprint density at radius 3 is 2.90 bits per heavy atom. The first-order chi connectivity index (χ1) is 9.75. The van der Waals surface area contributed by atoms with E-state index in [4.69, 9.17) is 4.74 Å². The van der Waals surface area contributed by atoms with Crippen molar-refractivity contribution in [3.63, 3.8) is 0 Å². The van der Waals surface area contributed by atoms with Crippen LogP contribution in [0.2, 0.25) is 0 Å². The highest BCUT2D eigenvalue weighted by molar-refractivity contribution is 7.10. The topological polar surface area (TPSA) is 44.8 Å². The molecule has 110 valence electrons. The monoisotopic (exact) mass is 295 g/mol. The normalized spacial score (nSPS) is 28.2. The molecule has 0 saturated carbocycles. The van der Waals surface area contributed by atoms with Gasteiger partial charge >= 0.3 is 0 Å². The van der Waals surface area contributed by atoms with Gasteiger partial charge in [-0.1, -0.05) is 6.07 Å². The number of hydrogen-bond donors (Lipinski definition) is 1. The van der Waals surface area contributed by atoms with Crippen LogP contribution in [0, 0.1) is 0 Å². The van der Waals surface area contributed by atoms with Gasteiger partial charge in [-0.05, 0) is 18.4 Å². The van der Waals surface area contributed by atoms with Crippen LogP contribution in [0.1, 0.15) is 18.0 Å². The zero-order valence-electron chi connectivity index (χ0n) is 11.7. The standard InChI is InChI=1S/C14H21N3O2S/c1-11-14(18)17(5-4-16-6-8-19-9-7-16)13(15-11)12-3-2-10-20-12/h2-3,10-11,13,15H,4-9H2,1H3. The van der Waals surface area contributed by atoms with Crippen molar-refractivity contribution in [1.82, 2.24) is 15.1 Å². The van der Waals surface area contributed by atoms with Gasteiger partial charge in [0, 0.05) is 31.1 Å². The summed E-state index contributed by atoms with van der Waals surface area (Å²) in [6, 6.07) is 4.04. The Hall–Kier alpha value is -0.950. The van der Waals surface area contributed by atoms with Gasteiger partial charge in [0.1, 0.15) is 6.17 Å². The van der Waals surface area contributed by atoms with Crippen molar-refractivity contribution >= 4 is 17.2 Å². The summed E-state index contributed by atoms with van der Waals surface area (Å²) in [6.45, 7) is 7.18. The molecule has 5 nitrogen and oxygen atoms in total. The van der Waals surface area contributed by atoms with Gasteiger partial charge in [-0.15, -0.1) is 11.3 Å². The van der Waals surface area contributed by atoms with Crippen molar-refractivity contribution in [1.29, 1.82) is 0 Å². The van der Waals surface area contributed by atoms with Crippen LogP contribution in [0.15, 0.2) is 17.5 Å². The molecular formula is C14H21N3O2S. The first kappa shape index (κ1) is 14.0. The lowest BCUT2D eigenvalue weighted by molar-refractivity contribution is -0.130. The van der Waals surface area contributed by atoms with E-state index in [0.717, 1.165) is 39.4 Å². The number of thiophene rings is 1. The number of nitrogens with zero attached hydrogens (tertiary/aromatic N) is 2. The molecule has 1 N–H and O–H groups in total. The van der Waals surface area contributed by atoms with E-state index in [1.54, 1.807) is 11.3 Å². The van der Waals surface area contributed by atoms with Crippen LogP contribution in [0.5, 0.6) is 0 Å². The molecule has 20 heavy (non-hydrogen) atoms. The molecule has 1 aromatic heterocycles. The molecule has 1 aromatic rings. The van der Waals surface area contributed by atoms with E-state index in [9.17, 15) is 4.79 Å². The molecule has 0 radical (unpaired) electrons. The minimum atomic E-state index is -0.0909. The van der Waals surface area contributed by atoms with Gasteiger partial charge in [-0.25, -0.2) is 0 Å². The van der Waals surface area contributed by atoms with E-state index in [0.29, 0.717) is 0 Å². The molecule has 0 aromatic carbocycles. The molecule has 0 aliphatic carbocycles. The van der Waals surface area contributed by atoms with Crippen molar-refractivity contribution in [2.24, 2.45) is 0 Å². The number of amides is 1. The molecule has 0 bridgehead atoms. The molecule has 3 heterocycles. The van der Waals surface area contributed by atoms with Crippen LogP contribution in [-0.2, 0) is 9.53 Å². The molecule has 2 unspecified atom stereocenters. The quantitative estimate of drug-likeness (QED) is 0.896. The van der Waals surface area contributed by atoms with Crippen LogP contribution in [0.25, 0.3) is 0 Å². The average molecular weight is 295 g/mol. The van der Waals surface area contributed by atoms with Crippen molar-refractivity contribution in [2.75, 3.05) is 39.4 Å². The maximum atomic E-state index is 12.3. The molecule has 6 heteroatoms. The van der Waals surface area contributed by atoms with E-state index >= 15 is 0 Å². The fourth-order valence-corrected chi connectivity index (χ4v) is 3.57. The van der Waals surface area contributed by atoms with Crippen molar-refractivity contribution in [3.05, 3.63) is 22.4 Å². The predicted molar refractivity (Wildman–Crippen MR) is 78.6 cm³/mol. The Morgan fingerprint density at radius 2 is 2.20 bits per heavy atom. The lowest BCUT2D eigenvalue weighted by Gasteiger charge is -2.30. The summed E-state index contributed by atoms with van der Waals surface area (Å²) in [4.78, 5) is 17.9. The highest BCUT2D eigenvalue weighted by Gasteiger charge is 2.37. The lowest BCUT2D eigenvalue weighted by Crippen LogP contribution is -2.42. The van der Waals surface area contributed by atoms with E-state index in [1.807, 2.05) is 17.9 Å². The molecule has 2 saturated heterocycles. The summed E-state index contributed by atoms with van der Waals surface area (Å²) in [7, 11) is 0. The number of carbonyl (C=O) groups excluding carboxylic acids is 1. The highest BCUT2D eigenvalue weighted by Crippen LogP contribution is 2.28. The smallest absolute Gasteiger partial charge is 0.241 e. The minimum absolute atomic E-state index is 0.0403. The van der Waals surface area contributed by atoms with Gasteiger partial charge in [-0.2, -0.15) is 0 Å². The Labute approximate surface area is 123 Å². The first-order valence-electron chi connectivity index (χ1n) is 7.16. The highest BCUT2D eigenvalue weighted by atomic mass is 32.1. The van der Waals surface area contributed by atoms with Crippen LogP contribution < -0.4 is 5.32 Å². The lowest BCUT2D eigenvalue weighted by atomic mass is 10.3. The molecule has 2 aliphatic heterocycles. The van der Waals surface area contributed by atoms with Crippen molar-refractivity contribution < 1.29 is 9.53 Å². The number of nitrogens with one attached hydrogen (secondary N) is 1. The largest absolute Gasteiger partial charge is 0.379 e. The van der Waals surface area contributed by atoms with Crippen LogP contribution in [0.4, 0.5) is 0 Å². The fraction of sp³-hybridized carbons (Fsp3) is 0.643. The third kappa shape index (κ3) is 2.88.